The second-order valence-electron chi connectivity index (χ2n) is 7.82. The molecule has 0 unspecified atom stereocenters. The zero-order valence-electron chi connectivity index (χ0n) is 15.6. The van der Waals surface area contributed by atoms with Crippen LogP contribution in [0, 0.1) is 0 Å². The van der Waals surface area contributed by atoms with E-state index in [4.69, 9.17) is 0 Å². The predicted molar refractivity (Wildman–Crippen MR) is 105 cm³/mol. The third-order valence-electron chi connectivity index (χ3n) is 5.93. The van der Waals surface area contributed by atoms with Crippen LogP contribution in [0.15, 0.2) is 17.5 Å². The minimum atomic E-state index is -0.842. The Hall–Kier alpha value is -1.82. The van der Waals surface area contributed by atoms with Gasteiger partial charge in [-0.25, -0.2) is 0 Å². The van der Waals surface area contributed by atoms with E-state index in [0.717, 1.165) is 29.5 Å². The molecule has 1 aliphatic heterocycles. The average molecular weight is 374 g/mol. The Balaban J connectivity index is 1.68. The Kier molecular flexibility index (Phi) is 4.55. The Morgan fingerprint density at radius 3 is 2.85 bits per heavy atom. The van der Waals surface area contributed by atoms with Crippen LogP contribution in [0.2, 0.25) is 0 Å². The SMILES string of the molecule is CCCN1C(=O)c2cc3sccc3n2C[C@@]1(C)C(=O)NC1CCCCC1. The van der Waals surface area contributed by atoms with Crippen LogP contribution in [0.4, 0.5) is 0 Å². The maximum absolute atomic E-state index is 13.3. The van der Waals surface area contributed by atoms with Crippen LogP contribution in [0.25, 0.3) is 10.2 Å². The van der Waals surface area contributed by atoms with Crippen LogP contribution in [-0.4, -0.2) is 39.4 Å². The van der Waals surface area contributed by atoms with Gasteiger partial charge in [-0.2, -0.15) is 0 Å². The number of nitrogens with zero attached hydrogens (tertiary/aromatic N) is 2. The van der Waals surface area contributed by atoms with Gasteiger partial charge in [-0.15, -0.1) is 11.3 Å². The lowest BCUT2D eigenvalue weighted by molar-refractivity contribution is -0.133. The van der Waals surface area contributed by atoms with Crippen molar-refractivity contribution in [1.82, 2.24) is 14.8 Å². The van der Waals surface area contributed by atoms with Crippen molar-refractivity contribution in [3.63, 3.8) is 0 Å². The maximum Gasteiger partial charge on any atom is 0.271 e. The number of carbonyl (C=O) groups excluding carboxylic acids is 2. The summed E-state index contributed by atoms with van der Waals surface area (Å²) in [7, 11) is 0. The van der Waals surface area contributed by atoms with E-state index in [1.54, 1.807) is 16.2 Å². The summed E-state index contributed by atoms with van der Waals surface area (Å²) in [5.74, 6) is -0.0308. The average Bonchev–Trinajstić information content (AvgIpc) is 3.22. The topological polar surface area (TPSA) is 54.3 Å². The van der Waals surface area contributed by atoms with Crippen molar-refractivity contribution in [3.05, 3.63) is 23.2 Å². The normalized spacial score (nSPS) is 24.1. The highest BCUT2D eigenvalue weighted by molar-refractivity contribution is 7.17. The molecule has 1 aliphatic carbocycles. The number of rotatable bonds is 4. The molecule has 1 saturated carbocycles. The van der Waals surface area contributed by atoms with Crippen molar-refractivity contribution < 1.29 is 9.59 Å². The number of hydrogen-bond donors (Lipinski definition) is 1. The second kappa shape index (κ2) is 6.72. The number of nitrogens with one attached hydrogen (secondary N) is 1. The fraction of sp³-hybridized carbons (Fsp3) is 0.600. The monoisotopic (exact) mass is 373 g/mol. The molecule has 1 N–H and O–H groups in total. The first-order valence-electron chi connectivity index (χ1n) is 9.74. The molecule has 6 heteroatoms. The Bertz CT molecular complexity index is 833. The van der Waals surface area contributed by atoms with Crippen molar-refractivity contribution in [2.75, 3.05) is 6.54 Å². The summed E-state index contributed by atoms with van der Waals surface area (Å²) >= 11 is 1.64. The van der Waals surface area contributed by atoms with Crippen LogP contribution in [0.5, 0.6) is 0 Å². The van der Waals surface area contributed by atoms with E-state index in [0.29, 0.717) is 18.8 Å². The highest BCUT2D eigenvalue weighted by Crippen LogP contribution is 2.34. The van der Waals surface area contributed by atoms with Gasteiger partial charge in [0, 0.05) is 12.6 Å². The van der Waals surface area contributed by atoms with Gasteiger partial charge in [0.15, 0.2) is 0 Å². The summed E-state index contributed by atoms with van der Waals surface area (Å²) in [6, 6.07) is 4.27. The lowest BCUT2D eigenvalue weighted by Gasteiger charge is -2.44. The summed E-state index contributed by atoms with van der Waals surface area (Å²) < 4.78 is 3.16. The van der Waals surface area contributed by atoms with E-state index in [2.05, 4.69) is 12.2 Å². The molecule has 140 valence electrons. The number of fused-ring (bicyclic) bond motifs is 3. The van der Waals surface area contributed by atoms with Crippen LogP contribution in [0.1, 0.15) is 62.9 Å². The Morgan fingerprint density at radius 1 is 1.35 bits per heavy atom. The van der Waals surface area contributed by atoms with Gasteiger partial charge in [0.05, 0.1) is 16.8 Å². The maximum atomic E-state index is 13.3. The summed E-state index contributed by atoms with van der Waals surface area (Å²) in [4.78, 5) is 28.3. The second-order valence-corrected chi connectivity index (χ2v) is 8.77. The number of thiophene rings is 1. The molecule has 26 heavy (non-hydrogen) atoms. The predicted octanol–water partition coefficient (Wildman–Crippen LogP) is 3.78. The van der Waals surface area contributed by atoms with E-state index < -0.39 is 5.54 Å². The summed E-state index contributed by atoms with van der Waals surface area (Å²) in [5, 5.41) is 5.30. The molecule has 4 rings (SSSR count). The molecule has 5 nitrogen and oxygen atoms in total. The van der Waals surface area contributed by atoms with Crippen LogP contribution in [0.3, 0.4) is 0 Å². The summed E-state index contributed by atoms with van der Waals surface area (Å²) in [6.45, 7) is 5.11. The molecule has 2 aromatic rings. The van der Waals surface area contributed by atoms with E-state index in [9.17, 15) is 9.59 Å². The van der Waals surface area contributed by atoms with Gasteiger partial charge in [-0.05, 0) is 43.7 Å². The minimum absolute atomic E-state index is 0.00562. The fourth-order valence-corrected chi connectivity index (χ4v) is 5.26. The van der Waals surface area contributed by atoms with Gasteiger partial charge in [-0.1, -0.05) is 26.2 Å². The van der Waals surface area contributed by atoms with Gasteiger partial charge in [0.25, 0.3) is 5.91 Å². The molecule has 0 bridgehead atoms. The largest absolute Gasteiger partial charge is 0.351 e. The molecule has 0 saturated heterocycles. The quantitative estimate of drug-likeness (QED) is 0.887. The highest BCUT2D eigenvalue weighted by atomic mass is 32.1. The molecule has 2 aliphatic rings. The van der Waals surface area contributed by atoms with E-state index in [1.165, 1.54) is 19.3 Å². The van der Waals surface area contributed by atoms with Crippen molar-refractivity contribution in [2.45, 2.75) is 70.5 Å². The molecule has 1 fully saturated rings. The van der Waals surface area contributed by atoms with Gasteiger partial charge in [-0.3, -0.25) is 9.59 Å². The van der Waals surface area contributed by atoms with Crippen LogP contribution < -0.4 is 5.32 Å². The molecular weight excluding hydrogens is 346 g/mol. The zero-order chi connectivity index (χ0) is 18.3. The third-order valence-corrected chi connectivity index (χ3v) is 6.78. The number of aromatic nitrogens is 1. The molecule has 2 amide bonds. The van der Waals surface area contributed by atoms with Crippen LogP contribution in [-0.2, 0) is 11.3 Å². The van der Waals surface area contributed by atoms with Crippen molar-refractivity contribution in [3.8, 4) is 0 Å². The third kappa shape index (κ3) is 2.75. The fourth-order valence-electron chi connectivity index (χ4n) is 4.43. The first kappa shape index (κ1) is 17.6. The Labute approximate surface area is 158 Å². The van der Waals surface area contributed by atoms with Crippen molar-refractivity contribution >= 4 is 33.4 Å². The van der Waals surface area contributed by atoms with E-state index >= 15 is 0 Å². The molecule has 0 aromatic carbocycles. The van der Waals surface area contributed by atoms with Crippen LogP contribution >= 0.6 is 11.3 Å². The molecule has 2 aromatic heterocycles. The minimum Gasteiger partial charge on any atom is -0.351 e. The van der Waals surface area contributed by atoms with Gasteiger partial charge < -0.3 is 14.8 Å². The molecule has 0 spiro atoms. The van der Waals surface area contributed by atoms with Gasteiger partial charge in [0.2, 0.25) is 5.91 Å². The Morgan fingerprint density at radius 2 is 2.12 bits per heavy atom. The number of carbonyl (C=O) groups is 2. The van der Waals surface area contributed by atoms with Gasteiger partial charge in [0.1, 0.15) is 11.2 Å². The smallest absolute Gasteiger partial charge is 0.271 e. The standard InChI is InChI=1S/C20H27N3O2S/c1-3-10-23-18(24)16-12-17-15(9-11-26-17)22(16)13-20(23,2)19(25)21-14-7-5-4-6-8-14/h9,11-12,14H,3-8,10,13H2,1-2H3,(H,21,25)/t20-/m0/s1. The first-order valence-corrected chi connectivity index (χ1v) is 10.6. The van der Waals surface area contributed by atoms with E-state index in [1.807, 2.05) is 29.0 Å². The lowest BCUT2D eigenvalue weighted by Crippen LogP contribution is -2.65. The molecular formula is C20H27N3O2S. The summed E-state index contributed by atoms with van der Waals surface area (Å²) in [5.41, 5.74) is 0.931. The molecule has 0 radical (unpaired) electrons. The highest BCUT2D eigenvalue weighted by Gasteiger charge is 2.47. The number of hydrogen-bond acceptors (Lipinski definition) is 3. The van der Waals surface area contributed by atoms with Gasteiger partial charge >= 0.3 is 0 Å². The lowest BCUT2D eigenvalue weighted by atomic mass is 9.91. The first-order chi connectivity index (χ1) is 12.5. The number of amides is 2. The van der Waals surface area contributed by atoms with Crippen molar-refractivity contribution in [2.24, 2.45) is 0 Å². The molecule has 3 heterocycles. The molecule has 1 atom stereocenters. The summed E-state index contributed by atoms with van der Waals surface area (Å²) in [6.07, 6.45) is 6.55. The zero-order valence-corrected chi connectivity index (χ0v) is 16.4. The van der Waals surface area contributed by atoms with E-state index in [-0.39, 0.29) is 17.9 Å². The van der Waals surface area contributed by atoms with Crippen molar-refractivity contribution in [1.29, 1.82) is 0 Å².